The van der Waals surface area contributed by atoms with Crippen LogP contribution in [0.25, 0.3) is 0 Å². The van der Waals surface area contributed by atoms with E-state index in [4.69, 9.17) is 4.74 Å². The Kier molecular flexibility index (Phi) is 3.81. The van der Waals surface area contributed by atoms with Gasteiger partial charge in [0.2, 0.25) is 0 Å². The summed E-state index contributed by atoms with van der Waals surface area (Å²) < 4.78 is 5.22. The fourth-order valence-electron chi connectivity index (χ4n) is 2.49. The van der Waals surface area contributed by atoms with E-state index >= 15 is 0 Å². The topological polar surface area (TPSA) is 24.5 Å². The molecule has 1 fully saturated rings. The summed E-state index contributed by atoms with van der Waals surface area (Å²) in [4.78, 5) is 2.49. The summed E-state index contributed by atoms with van der Waals surface area (Å²) in [5.74, 6) is 0.915. The van der Waals surface area contributed by atoms with Crippen LogP contribution in [-0.4, -0.2) is 31.8 Å². The number of hydrogen-bond acceptors (Lipinski definition) is 3. The van der Waals surface area contributed by atoms with Crippen LogP contribution in [-0.2, 0) is 0 Å². The van der Waals surface area contributed by atoms with Gasteiger partial charge in [-0.3, -0.25) is 0 Å². The highest BCUT2D eigenvalue weighted by molar-refractivity contribution is 5.51. The summed E-state index contributed by atoms with van der Waals surface area (Å²) in [7, 11) is 1.70. The average molecular weight is 248 g/mol. The highest BCUT2D eigenvalue weighted by Crippen LogP contribution is 2.27. The molecule has 0 saturated carbocycles. The molecule has 1 aliphatic heterocycles. The van der Waals surface area contributed by atoms with Crippen molar-refractivity contribution in [3.8, 4) is 5.75 Å². The normalized spacial score (nSPS) is 23.6. The third-order valence-corrected chi connectivity index (χ3v) is 3.78. The van der Waals surface area contributed by atoms with Crippen molar-refractivity contribution in [3.63, 3.8) is 0 Å². The van der Waals surface area contributed by atoms with E-state index in [1.165, 1.54) is 12.1 Å². The SMILES string of the molecule is COc1ccc(N2CCC(C)NCC2(C)C)cc1. The third kappa shape index (κ3) is 2.78. The van der Waals surface area contributed by atoms with Gasteiger partial charge < -0.3 is 15.0 Å². The first kappa shape index (κ1) is 13.2. The molecule has 0 spiro atoms. The maximum atomic E-state index is 5.22. The first-order valence-corrected chi connectivity index (χ1v) is 6.68. The largest absolute Gasteiger partial charge is 0.497 e. The summed E-state index contributed by atoms with van der Waals surface area (Å²) in [6.07, 6.45) is 1.18. The monoisotopic (exact) mass is 248 g/mol. The van der Waals surface area contributed by atoms with Crippen LogP contribution in [0.5, 0.6) is 5.75 Å². The smallest absolute Gasteiger partial charge is 0.119 e. The molecule has 1 aromatic carbocycles. The molecule has 3 heteroatoms. The second kappa shape index (κ2) is 5.19. The standard InChI is InChI=1S/C15H24N2O/c1-12-9-10-17(15(2,3)11-16-12)13-5-7-14(18-4)8-6-13/h5-8,12,16H,9-11H2,1-4H3. The molecule has 2 rings (SSSR count). The Morgan fingerprint density at radius 3 is 2.56 bits per heavy atom. The number of nitrogens with zero attached hydrogens (tertiary/aromatic N) is 1. The molecule has 18 heavy (non-hydrogen) atoms. The van der Waals surface area contributed by atoms with Gasteiger partial charge >= 0.3 is 0 Å². The molecule has 100 valence electrons. The van der Waals surface area contributed by atoms with Crippen molar-refractivity contribution in [1.82, 2.24) is 5.32 Å². The van der Waals surface area contributed by atoms with Gasteiger partial charge in [-0.2, -0.15) is 0 Å². The van der Waals surface area contributed by atoms with Crippen LogP contribution in [0, 0.1) is 0 Å². The van der Waals surface area contributed by atoms with E-state index in [-0.39, 0.29) is 5.54 Å². The Balaban J connectivity index is 2.22. The Bertz CT molecular complexity index is 386. The van der Waals surface area contributed by atoms with E-state index in [0.717, 1.165) is 18.8 Å². The minimum absolute atomic E-state index is 0.138. The molecule has 1 atom stereocenters. The van der Waals surface area contributed by atoms with Crippen LogP contribution >= 0.6 is 0 Å². The van der Waals surface area contributed by atoms with Gasteiger partial charge in [-0.05, 0) is 51.5 Å². The number of rotatable bonds is 2. The van der Waals surface area contributed by atoms with Gasteiger partial charge in [0.05, 0.1) is 7.11 Å². The van der Waals surface area contributed by atoms with E-state index in [1.54, 1.807) is 7.11 Å². The fourth-order valence-corrected chi connectivity index (χ4v) is 2.49. The molecule has 3 nitrogen and oxygen atoms in total. The maximum absolute atomic E-state index is 5.22. The summed E-state index contributed by atoms with van der Waals surface area (Å²) in [6, 6.07) is 8.96. The average Bonchev–Trinajstić information content (AvgIpc) is 2.49. The van der Waals surface area contributed by atoms with Gasteiger partial charge in [0.25, 0.3) is 0 Å². The minimum Gasteiger partial charge on any atom is -0.497 e. The first-order chi connectivity index (χ1) is 8.53. The highest BCUT2D eigenvalue weighted by Gasteiger charge is 2.30. The lowest BCUT2D eigenvalue weighted by Crippen LogP contribution is -2.49. The molecule has 0 bridgehead atoms. The van der Waals surface area contributed by atoms with Gasteiger partial charge in [0.1, 0.15) is 5.75 Å². The van der Waals surface area contributed by atoms with Crippen molar-refractivity contribution < 1.29 is 4.74 Å². The van der Waals surface area contributed by atoms with Crippen LogP contribution in [0.2, 0.25) is 0 Å². The van der Waals surface area contributed by atoms with Gasteiger partial charge in [0, 0.05) is 30.4 Å². The second-order valence-corrected chi connectivity index (χ2v) is 5.73. The molecule has 1 aliphatic rings. The van der Waals surface area contributed by atoms with Gasteiger partial charge in [-0.1, -0.05) is 0 Å². The predicted molar refractivity (Wildman–Crippen MR) is 76.5 cm³/mol. The maximum Gasteiger partial charge on any atom is 0.119 e. The van der Waals surface area contributed by atoms with Gasteiger partial charge in [0.15, 0.2) is 0 Å². The molecule has 0 amide bonds. The van der Waals surface area contributed by atoms with E-state index in [2.05, 4.69) is 43.1 Å². The van der Waals surface area contributed by atoms with Crippen molar-refractivity contribution in [3.05, 3.63) is 24.3 Å². The molecular formula is C15H24N2O. The molecule has 1 N–H and O–H groups in total. The van der Waals surface area contributed by atoms with Crippen molar-refractivity contribution in [2.75, 3.05) is 25.1 Å². The molecule has 1 saturated heterocycles. The number of anilines is 1. The van der Waals surface area contributed by atoms with Gasteiger partial charge in [-0.25, -0.2) is 0 Å². The molecule has 0 radical (unpaired) electrons. The Morgan fingerprint density at radius 1 is 1.28 bits per heavy atom. The Hall–Kier alpha value is -1.22. The lowest BCUT2D eigenvalue weighted by Gasteiger charge is -2.39. The highest BCUT2D eigenvalue weighted by atomic mass is 16.5. The minimum atomic E-state index is 0.138. The quantitative estimate of drug-likeness (QED) is 0.871. The van der Waals surface area contributed by atoms with Crippen LogP contribution in [0.4, 0.5) is 5.69 Å². The Morgan fingerprint density at radius 2 is 1.94 bits per heavy atom. The first-order valence-electron chi connectivity index (χ1n) is 6.68. The van der Waals surface area contributed by atoms with Crippen LogP contribution in [0.1, 0.15) is 27.2 Å². The van der Waals surface area contributed by atoms with Crippen molar-refractivity contribution in [2.45, 2.75) is 38.8 Å². The molecule has 1 aromatic rings. The summed E-state index contributed by atoms with van der Waals surface area (Å²) in [5, 5.41) is 3.59. The zero-order valence-corrected chi connectivity index (χ0v) is 11.9. The van der Waals surface area contributed by atoms with Crippen LogP contribution in [0.3, 0.4) is 0 Å². The van der Waals surface area contributed by atoms with E-state index < -0.39 is 0 Å². The number of methoxy groups -OCH3 is 1. The lowest BCUT2D eigenvalue weighted by molar-refractivity contribution is 0.414. The van der Waals surface area contributed by atoms with Gasteiger partial charge in [-0.15, -0.1) is 0 Å². The number of nitrogens with one attached hydrogen (secondary N) is 1. The Labute approximate surface area is 110 Å². The van der Waals surface area contributed by atoms with Crippen LogP contribution in [0.15, 0.2) is 24.3 Å². The van der Waals surface area contributed by atoms with E-state index in [9.17, 15) is 0 Å². The van der Waals surface area contributed by atoms with E-state index in [0.29, 0.717) is 6.04 Å². The molecule has 0 aliphatic carbocycles. The lowest BCUT2D eigenvalue weighted by atomic mass is 10.0. The summed E-state index contributed by atoms with van der Waals surface area (Å²) in [6.45, 7) is 8.95. The van der Waals surface area contributed by atoms with Crippen LogP contribution < -0.4 is 15.0 Å². The zero-order chi connectivity index (χ0) is 13.2. The van der Waals surface area contributed by atoms with E-state index in [1.807, 2.05) is 12.1 Å². The second-order valence-electron chi connectivity index (χ2n) is 5.73. The number of hydrogen-bond donors (Lipinski definition) is 1. The molecular weight excluding hydrogens is 224 g/mol. The zero-order valence-electron chi connectivity index (χ0n) is 11.9. The van der Waals surface area contributed by atoms with Crippen molar-refractivity contribution >= 4 is 5.69 Å². The third-order valence-electron chi connectivity index (χ3n) is 3.78. The number of benzene rings is 1. The summed E-state index contributed by atoms with van der Waals surface area (Å²) >= 11 is 0. The number of ether oxygens (including phenoxy) is 1. The van der Waals surface area contributed by atoms with Crippen molar-refractivity contribution in [2.24, 2.45) is 0 Å². The molecule has 1 heterocycles. The predicted octanol–water partition coefficient (Wildman–Crippen LogP) is 2.66. The molecule has 0 aromatic heterocycles. The molecule has 1 unspecified atom stereocenters. The fraction of sp³-hybridized carbons (Fsp3) is 0.600. The van der Waals surface area contributed by atoms with Crippen molar-refractivity contribution in [1.29, 1.82) is 0 Å². The summed E-state index contributed by atoms with van der Waals surface area (Å²) in [5.41, 5.74) is 1.41.